The number of hydrogen-bond acceptors (Lipinski definition) is 7. The second-order valence-electron chi connectivity index (χ2n) is 7.73. The average Bonchev–Trinajstić information content (AvgIpc) is 3.51. The number of hydrogen-bond donors (Lipinski definition) is 2. The van der Waals surface area contributed by atoms with Crippen molar-refractivity contribution >= 4 is 28.8 Å². The van der Waals surface area contributed by atoms with Crippen molar-refractivity contribution < 1.29 is 23.1 Å². The molecule has 0 bridgehead atoms. The van der Waals surface area contributed by atoms with Crippen molar-refractivity contribution in [2.75, 3.05) is 11.9 Å². The van der Waals surface area contributed by atoms with Crippen LogP contribution in [0.4, 0.5) is 18.9 Å². The van der Waals surface area contributed by atoms with Crippen molar-refractivity contribution in [3.63, 3.8) is 0 Å². The molecule has 1 aliphatic rings. The molecule has 4 aromatic heterocycles. The maximum absolute atomic E-state index is 13.7. The molecule has 0 aromatic carbocycles. The zero-order valence-electron chi connectivity index (χ0n) is 17.2. The predicted molar refractivity (Wildman–Crippen MR) is 113 cm³/mol. The number of amides is 1. The van der Waals surface area contributed by atoms with E-state index in [0.29, 0.717) is 29.7 Å². The van der Waals surface area contributed by atoms with E-state index in [1.807, 2.05) is 0 Å². The average molecular weight is 493 g/mol. The van der Waals surface area contributed by atoms with Gasteiger partial charge >= 0.3 is 6.18 Å². The minimum atomic E-state index is -4.75. The summed E-state index contributed by atoms with van der Waals surface area (Å²) in [4.78, 5) is 22.0. The number of nitrogens with one attached hydrogen (secondary N) is 1. The predicted octanol–water partition coefficient (Wildman–Crippen LogP) is 2.97. The van der Waals surface area contributed by atoms with Crippen molar-refractivity contribution in [3.8, 4) is 5.82 Å². The first-order chi connectivity index (χ1) is 16.3. The number of aliphatic hydroxyl groups is 1. The number of carbonyl (C=O) groups excluding carboxylic acids is 1. The van der Waals surface area contributed by atoms with Crippen molar-refractivity contribution in [1.82, 2.24) is 34.6 Å². The second-order valence-corrected chi connectivity index (χ2v) is 8.12. The minimum Gasteiger partial charge on any atom is -0.396 e. The summed E-state index contributed by atoms with van der Waals surface area (Å²) in [6.07, 6.45) is 1.06. The Morgan fingerprint density at radius 2 is 1.97 bits per heavy atom. The molecular formula is C20H16ClF3N8O2. The number of carbonyl (C=O) groups is 1. The highest BCUT2D eigenvalue weighted by Gasteiger charge is 2.39. The first-order valence-corrected chi connectivity index (χ1v) is 10.5. The van der Waals surface area contributed by atoms with Crippen molar-refractivity contribution in [2.24, 2.45) is 0 Å². The number of aliphatic hydroxyl groups excluding tert-OH is 1. The van der Waals surface area contributed by atoms with E-state index in [2.05, 4.69) is 30.6 Å². The Hall–Kier alpha value is -3.58. The normalized spacial score (nSPS) is 17.8. The Morgan fingerprint density at radius 1 is 1.21 bits per heavy atom. The molecule has 0 spiro atoms. The quantitative estimate of drug-likeness (QED) is 0.439. The van der Waals surface area contributed by atoms with E-state index >= 15 is 0 Å². The number of halogens is 4. The zero-order chi connectivity index (χ0) is 24.0. The van der Waals surface area contributed by atoms with Crippen LogP contribution in [0.2, 0.25) is 5.15 Å². The summed E-state index contributed by atoms with van der Waals surface area (Å²) in [6.45, 7) is -0.112. The summed E-state index contributed by atoms with van der Waals surface area (Å²) < 4.78 is 42.5. The van der Waals surface area contributed by atoms with Crippen molar-refractivity contribution in [3.05, 3.63) is 58.9 Å². The molecule has 0 radical (unpaired) electrons. The molecular weight excluding hydrogens is 477 g/mol. The van der Waals surface area contributed by atoms with Gasteiger partial charge in [-0.15, -0.1) is 4.80 Å². The second kappa shape index (κ2) is 8.33. The lowest BCUT2D eigenvalue weighted by Crippen LogP contribution is -2.21. The Balaban J connectivity index is 1.48. The highest BCUT2D eigenvalue weighted by molar-refractivity contribution is 6.29. The van der Waals surface area contributed by atoms with Gasteiger partial charge in [0.25, 0.3) is 0 Å². The first-order valence-electron chi connectivity index (χ1n) is 10.2. The lowest BCUT2D eigenvalue weighted by atomic mass is 9.99. The fourth-order valence-electron chi connectivity index (χ4n) is 4.24. The summed E-state index contributed by atoms with van der Waals surface area (Å²) in [5.74, 6) is -1.96. The fourth-order valence-corrected chi connectivity index (χ4v) is 4.42. The van der Waals surface area contributed by atoms with Gasteiger partial charge in [0.15, 0.2) is 16.6 Å². The molecule has 1 amide bonds. The van der Waals surface area contributed by atoms with Crippen LogP contribution in [-0.2, 0) is 11.0 Å². The summed E-state index contributed by atoms with van der Waals surface area (Å²) in [7, 11) is 0. The molecule has 2 N–H and O–H groups in total. The number of fused-ring (bicyclic) bond motifs is 3. The monoisotopic (exact) mass is 492 g/mol. The highest BCUT2D eigenvalue weighted by Crippen LogP contribution is 2.44. The molecule has 5 rings (SSSR count). The van der Waals surface area contributed by atoms with E-state index < -0.39 is 29.4 Å². The van der Waals surface area contributed by atoms with E-state index in [1.54, 1.807) is 10.6 Å². The third kappa shape index (κ3) is 3.86. The standard InChI is InChI=1S/C20H16ClF3N8O2/c21-15-7-16-25-9-13-12(5-10(1-4-33)17(13)31(16)30-15)19(34)29-11-6-14(20(22,23)24)18(26-8-11)32-27-2-3-28-32/h2-3,6-10,12,33H,1,4-5H2,(H,29,34). The van der Waals surface area contributed by atoms with Gasteiger partial charge in [0.1, 0.15) is 5.56 Å². The summed E-state index contributed by atoms with van der Waals surface area (Å²) in [6, 6.07) is 2.37. The van der Waals surface area contributed by atoms with E-state index in [4.69, 9.17) is 11.6 Å². The van der Waals surface area contributed by atoms with Crippen LogP contribution in [-0.4, -0.2) is 52.2 Å². The third-order valence-electron chi connectivity index (χ3n) is 5.64. The molecule has 0 fully saturated rings. The van der Waals surface area contributed by atoms with Gasteiger partial charge in [-0.05, 0) is 18.9 Å². The lowest BCUT2D eigenvalue weighted by molar-refractivity contribution is -0.137. The van der Waals surface area contributed by atoms with Crippen LogP contribution in [0.5, 0.6) is 0 Å². The Labute approximate surface area is 194 Å². The lowest BCUT2D eigenvalue weighted by Gasteiger charge is -2.15. The van der Waals surface area contributed by atoms with E-state index in [0.717, 1.165) is 17.1 Å². The van der Waals surface area contributed by atoms with Crippen LogP contribution < -0.4 is 5.32 Å². The molecule has 0 saturated heterocycles. The molecule has 4 heterocycles. The highest BCUT2D eigenvalue weighted by atomic mass is 35.5. The fraction of sp³-hybridized carbons (Fsp3) is 0.300. The molecule has 2 unspecified atom stereocenters. The maximum atomic E-state index is 13.7. The van der Waals surface area contributed by atoms with Crippen LogP contribution in [0, 0.1) is 0 Å². The van der Waals surface area contributed by atoms with Crippen molar-refractivity contribution in [2.45, 2.75) is 30.9 Å². The number of alkyl halides is 3. The molecule has 176 valence electrons. The molecule has 14 heteroatoms. The van der Waals surface area contributed by atoms with Gasteiger partial charge < -0.3 is 10.4 Å². The SMILES string of the molecule is O=C(Nc1cnc(-n2nccn2)c(C(F)(F)F)c1)C1CC(CCO)c2c1cnc1cc(Cl)nn21. The maximum Gasteiger partial charge on any atom is 0.420 e. The van der Waals surface area contributed by atoms with Crippen molar-refractivity contribution in [1.29, 1.82) is 0 Å². The first kappa shape index (κ1) is 22.2. The third-order valence-corrected chi connectivity index (χ3v) is 5.83. The summed E-state index contributed by atoms with van der Waals surface area (Å²) in [5.41, 5.74) is 0.539. The Bertz CT molecular complexity index is 1370. The summed E-state index contributed by atoms with van der Waals surface area (Å²) in [5, 5.41) is 23.9. The van der Waals surface area contributed by atoms with Crippen LogP contribution in [0.25, 0.3) is 11.5 Å². The molecule has 2 atom stereocenters. The largest absolute Gasteiger partial charge is 0.420 e. The molecule has 34 heavy (non-hydrogen) atoms. The number of pyridine rings is 1. The van der Waals surface area contributed by atoms with Crippen LogP contribution in [0.1, 0.15) is 41.5 Å². The van der Waals surface area contributed by atoms with Gasteiger partial charge in [-0.1, -0.05) is 11.6 Å². The van der Waals surface area contributed by atoms with E-state index in [9.17, 15) is 23.1 Å². The molecule has 0 aliphatic heterocycles. The molecule has 1 aliphatic carbocycles. The van der Waals surface area contributed by atoms with Gasteiger partial charge in [-0.3, -0.25) is 4.79 Å². The number of anilines is 1. The molecule has 0 saturated carbocycles. The van der Waals surface area contributed by atoms with Crippen LogP contribution in [0.3, 0.4) is 0 Å². The van der Waals surface area contributed by atoms with Crippen LogP contribution in [0.15, 0.2) is 36.9 Å². The minimum absolute atomic E-state index is 0.112. The molecule has 10 nitrogen and oxygen atoms in total. The van der Waals surface area contributed by atoms with E-state index in [-0.39, 0.29) is 23.4 Å². The van der Waals surface area contributed by atoms with Gasteiger partial charge in [0.05, 0.1) is 35.9 Å². The van der Waals surface area contributed by atoms with Gasteiger partial charge in [0, 0.05) is 30.4 Å². The van der Waals surface area contributed by atoms with Gasteiger partial charge in [-0.25, -0.2) is 14.5 Å². The number of rotatable bonds is 5. The topological polar surface area (TPSA) is 123 Å². The smallest absolute Gasteiger partial charge is 0.396 e. The van der Waals surface area contributed by atoms with Crippen LogP contribution >= 0.6 is 11.6 Å². The Kier molecular flexibility index (Phi) is 5.44. The zero-order valence-corrected chi connectivity index (χ0v) is 18.0. The summed E-state index contributed by atoms with van der Waals surface area (Å²) >= 11 is 6.01. The van der Waals surface area contributed by atoms with E-state index in [1.165, 1.54) is 18.6 Å². The Morgan fingerprint density at radius 3 is 2.68 bits per heavy atom. The van der Waals surface area contributed by atoms with Gasteiger partial charge in [0.2, 0.25) is 5.91 Å². The van der Waals surface area contributed by atoms with Gasteiger partial charge in [-0.2, -0.15) is 28.5 Å². The number of aromatic nitrogens is 7. The molecule has 4 aromatic rings. The number of nitrogens with zero attached hydrogens (tertiary/aromatic N) is 7.